The summed E-state index contributed by atoms with van der Waals surface area (Å²) < 4.78 is 0. The largest absolute Gasteiger partial charge is 0.368 e. The van der Waals surface area contributed by atoms with Crippen molar-refractivity contribution in [3.05, 3.63) is 40.9 Å². The zero-order valence-corrected chi connectivity index (χ0v) is 12.9. The number of piperazine rings is 1. The molecule has 1 fully saturated rings. The fourth-order valence-electron chi connectivity index (χ4n) is 2.35. The van der Waals surface area contributed by atoms with Gasteiger partial charge in [0.05, 0.1) is 11.9 Å². The van der Waals surface area contributed by atoms with E-state index in [9.17, 15) is 0 Å². The SMILES string of the molecule is Cc1csc(NN=Cc2ccccc2N2CCNCC2)n1. The Balaban J connectivity index is 1.72. The number of hydrogen-bond acceptors (Lipinski definition) is 6. The van der Waals surface area contributed by atoms with E-state index >= 15 is 0 Å². The lowest BCUT2D eigenvalue weighted by Gasteiger charge is -2.30. The van der Waals surface area contributed by atoms with Crippen molar-refractivity contribution in [3.63, 3.8) is 0 Å². The molecule has 0 aliphatic carbocycles. The Morgan fingerprint density at radius 1 is 1.33 bits per heavy atom. The van der Waals surface area contributed by atoms with Gasteiger partial charge in [-0.25, -0.2) is 4.98 Å². The van der Waals surface area contributed by atoms with Crippen molar-refractivity contribution in [1.29, 1.82) is 0 Å². The predicted octanol–water partition coefficient (Wildman–Crippen LogP) is 2.31. The Morgan fingerprint density at radius 3 is 2.90 bits per heavy atom. The van der Waals surface area contributed by atoms with E-state index in [1.165, 1.54) is 5.69 Å². The molecule has 1 aliphatic rings. The maximum absolute atomic E-state index is 4.33. The van der Waals surface area contributed by atoms with Gasteiger partial charge in [0.25, 0.3) is 0 Å². The highest BCUT2D eigenvalue weighted by molar-refractivity contribution is 7.13. The summed E-state index contributed by atoms with van der Waals surface area (Å²) in [5, 5.41) is 10.5. The molecule has 0 saturated carbocycles. The van der Waals surface area contributed by atoms with Gasteiger partial charge < -0.3 is 10.2 Å². The number of rotatable bonds is 4. The molecule has 21 heavy (non-hydrogen) atoms. The molecule has 2 heterocycles. The number of thiazole rings is 1. The Hall–Kier alpha value is -1.92. The molecule has 110 valence electrons. The van der Waals surface area contributed by atoms with Gasteiger partial charge in [0.1, 0.15) is 0 Å². The van der Waals surface area contributed by atoms with Crippen LogP contribution in [0.4, 0.5) is 10.8 Å². The zero-order valence-electron chi connectivity index (χ0n) is 12.0. The summed E-state index contributed by atoms with van der Waals surface area (Å²) in [5.41, 5.74) is 6.36. The summed E-state index contributed by atoms with van der Waals surface area (Å²) in [6, 6.07) is 8.36. The van der Waals surface area contributed by atoms with E-state index in [0.29, 0.717) is 0 Å². The molecule has 0 amide bonds. The third-order valence-electron chi connectivity index (χ3n) is 3.38. The summed E-state index contributed by atoms with van der Waals surface area (Å²) >= 11 is 1.56. The Labute approximate surface area is 128 Å². The summed E-state index contributed by atoms with van der Waals surface area (Å²) in [6.07, 6.45) is 1.87. The number of benzene rings is 1. The smallest absolute Gasteiger partial charge is 0.203 e. The van der Waals surface area contributed by atoms with Crippen LogP contribution in [0.25, 0.3) is 0 Å². The van der Waals surface area contributed by atoms with Crippen molar-refractivity contribution in [3.8, 4) is 0 Å². The lowest BCUT2D eigenvalue weighted by atomic mass is 10.1. The quantitative estimate of drug-likeness (QED) is 0.672. The minimum atomic E-state index is 0.823. The van der Waals surface area contributed by atoms with Gasteiger partial charge in [0.15, 0.2) is 0 Å². The van der Waals surface area contributed by atoms with Crippen LogP contribution in [0.15, 0.2) is 34.7 Å². The Kier molecular flexibility index (Phi) is 4.47. The van der Waals surface area contributed by atoms with Crippen molar-refractivity contribution in [2.75, 3.05) is 36.5 Å². The standard InChI is InChI=1S/C15H19N5S/c1-12-11-21-15(18-12)19-17-10-13-4-2-3-5-14(13)20-8-6-16-7-9-20/h2-5,10-11,16H,6-9H2,1H3,(H,18,19). The van der Waals surface area contributed by atoms with Crippen molar-refractivity contribution >= 4 is 28.4 Å². The van der Waals surface area contributed by atoms with Crippen LogP contribution in [-0.4, -0.2) is 37.4 Å². The first-order chi connectivity index (χ1) is 10.3. The van der Waals surface area contributed by atoms with Crippen LogP contribution in [0.3, 0.4) is 0 Å². The third-order valence-corrected chi connectivity index (χ3v) is 4.24. The number of aryl methyl sites for hydroxylation is 1. The number of nitrogens with zero attached hydrogens (tertiary/aromatic N) is 3. The topological polar surface area (TPSA) is 52.6 Å². The molecule has 1 saturated heterocycles. The number of hydrogen-bond donors (Lipinski definition) is 2. The number of para-hydroxylation sites is 1. The van der Waals surface area contributed by atoms with E-state index in [4.69, 9.17) is 0 Å². The van der Waals surface area contributed by atoms with E-state index in [0.717, 1.165) is 42.6 Å². The Morgan fingerprint density at radius 2 is 2.14 bits per heavy atom. The van der Waals surface area contributed by atoms with Crippen LogP contribution in [0, 0.1) is 6.92 Å². The second-order valence-corrected chi connectivity index (χ2v) is 5.82. The average molecular weight is 301 g/mol. The third kappa shape index (κ3) is 3.59. The molecule has 0 bridgehead atoms. The molecule has 3 rings (SSSR count). The number of aromatic nitrogens is 1. The van der Waals surface area contributed by atoms with Crippen molar-refractivity contribution in [2.24, 2.45) is 5.10 Å². The van der Waals surface area contributed by atoms with Gasteiger partial charge >= 0.3 is 0 Å². The Bertz CT molecular complexity index is 616. The van der Waals surface area contributed by atoms with Crippen LogP contribution in [0.5, 0.6) is 0 Å². The van der Waals surface area contributed by atoms with Crippen molar-refractivity contribution in [2.45, 2.75) is 6.92 Å². The lowest BCUT2D eigenvalue weighted by Crippen LogP contribution is -2.43. The second-order valence-electron chi connectivity index (χ2n) is 4.96. The van der Waals surface area contributed by atoms with Crippen LogP contribution < -0.4 is 15.6 Å². The molecular formula is C15H19N5S. The number of anilines is 2. The van der Waals surface area contributed by atoms with E-state index < -0.39 is 0 Å². The van der Waals surface area contributed by atoms with Crippen LogP contribution in [-0.2, 0) is 0 Å². The maximum Gasteiger partial charge on any atom is 0.203 e. The minimum Gasteiger partial charge on any atom is -0.368 e. The lowest BCUT2D eigenvalue weighted by molar-refractivity contribution is 0.589. The molecule has 1 aromatic carbocycles. The fraction of sp³-hybridized carbons (Fsp3) is 0.333. The minimum absolute atomic E-state index is 0.823. The van der Waals surface area contributed by atoms with Crippen molar-refractivity contribution < 1.29 is 0 Å². The molecule has 0 atom stereocenters. The van der Waals surface area contributed by atoms with Gasteiger partial charge in [-0.3, -0.25) is 5.43 Å². The molecule has 1 aromatic heterocycles. The number of hydrazone groups is 1. The average Bonchev–Trinajstić information content (AvgIpc) is 2.94. The maximum atomic E-state index is 4.33. The summed E-state index contributed by atoms with van der Waals surface area (Å²) in [6.45, 7) is 6.10. The molecule has 2 aromatic rings. The van der Waals surface area contributed by atoms with Crippen LogP contribution in [0.2, 0.25) is 0 Å². The molecule has 2 N–H and O–H groups in total. The first kappa shape index (κ1) is 14.0. The van der Waals surface area contributed by atoms with E-state index in [1.807, 2.05) is 24.6 Å². The van der Waals surface area contributed by atoms with Gasteiger partial charge in [0.2, 0.25) is 5.13 Å². The predicted molar refractivity (Wildman–Crippen MR) is 89.6 cm³/mol. The first-order valence-corrected chi connectivity index (χ1v) is 7.97. The van der Waals surface area contributed by atoms with Crippen LogP contribution in [0.1, 0.15) is 11.3 Å². The molecule has 0 radical (unpaired) electrons. The summed E-state index contributed by atoms with van der Waals surface area (Å²) in [4.78, 5) is 6.72. The molecular weight excluding hydrogens is 282 g/mol. The van der Waals surface area contributed by atoms with Crippen LogP contribution >= 0.6 is 11.3 Å². The van der Waals surface area contributed by atoms with Crippen molar-refractivity contribution in [1.82, 2.24) is 10.3 Å². The van der Waals surface area contributed by atoms with E-state index in [2.05, 4.69) is 43.9 Å². The van der Waals surface area contributed by atoms with Gasteiger partial charge in [-0.15, -0.1) is 11.3 Å². The van der Waals surface area contributed by atoms with E-state index in [1.54, 1.807) is 11.3 Å². The van der Waals surface area contributed by atoms with Gasteiger partial charge in [-0.1, -0.05) is 18.2 Å². The highest BCUT2D eigenvalue weighted by atomic mass is 32.1. The molecule has 6 heteroatoms. The number of nitrogens with one attached hydrogen (secondary N) is 2. The van der Waals surface area contributed by atoms with Gasteiger partial charge in [0, 0.05) is 42.8 Å². The van der Waals surface area contributed by atoms with E-state index in [-0.39, 0.29) is 0 Å². The normalized spacial score (nSPS) is 15.6. The van der Waals surface area contributed by atoms with Gasteiger partial charge in [-0.2, -0.15) is 5.10 Å². The second kappa shape index (κ2) is 6.69. The molecule has 1 aliphatic heterocycles. The highest BCUT2D eigenvalue weighted by Gasteiger charge is 2.12. The zero-order chi connectivity index (χ0) is 14.5. The first-order valence-electron chi connectivity index (χ1n) is 7.09. The summed E-state index contributed by atoms with van der Waals surface area (Å²) in [7, 11) is 0. The fourth-order valence-corrected chi connectivity index (χ4v) is 2.99. The van der Waals surface area contributed by atoms with Gasteiger partial charge in [-0.05, 0) is 13.0 Å². The molecule has 0 spiro atoms. The highest BCUT2D eigenvalue weighted by Crippen LogP contribution is 2.19. The summed E-state index contributed by atoms with van der Waals surface area (Å²) in [5.74, 6) is 0. The molecule has 5 nitrogen and oxygen atoms in total. The molecule has 0 unspecified atom stereocenters. The monoisotopic (exact) mass is 301 g/mol.